The normalized spacial score (nSPS) is 12.4. The van der Waals surface area contributed by atoms with Crippen LogP contribution in [0.5, 0.6) is 0 Å². The SMILES string of the molecule is CCCc1cc(NC(=O)C(N)c2cnn(C)c2)n[nH]1. The molecule has 0 fully saturated rings. The van der Waals surface area contributed by atoms with Gasteiger partial charge in [-0.15, -0.1) is 0 Å². The van der Waals surface area contributed by atoms with E-state index in [2.05, 4.69) is 27.5 Å². The summed E-state index contributed by atoms with van der Waals surface area (Å²) >= 11 is 0. The van der Waals surface area contributed by atoms with Gasteiger partial charge >= 0.3 is 0 Å². The van der Waals surface area contributed by atoms with Crippen LogP contribution in [-0.2, 0) is 18.3 Å². The Labute approximate surface area is 111 Å². The van der Waals surface area contributed by atoms with Gasteiger partial charge in [-0.1, -0.05) is 13.3 Å². The van der Waals surface area contributed by atoms with Gasteiger partial charge in [-0.05, 0) is 6.42 Å². The van der Waals surface area contributed by atoms with Gasteiger partial charge in [-0.25, -0.2) is 0 Å². The molecule has 0 spiro atoms. The van der Waals surface area contributed by atoms with Gasteiger partial charge in [0, 0.05) is 30.6 Å². The summed E-state index contributed by atoms with van der Waals surface area (Å²) in [6, 6.07) is 1.07. The van der Waals surface area contributed by atoms with E-state index in [9.17, 15) is 4.79 Å². The maximum Gasteiger partial charge on any atom is 0.247 e. The molecule has 0 saturated carbocycles. The van der Waals surface area contributed by atoms with Gasteiger partial charge in [0.15, 0.2) is 5.82 Å². The number of aromatic nitrogens is 4. The number of nitrogens with one attached hydrogen (secondary N) is 2. The van der Waals surface area contributed by atoms with Gasteiger partial charge in [0.1, 0.15) is 6.04 Å². The molecule has 0 radical (unpaired) electrons. The number of anilines is 1. The Morgan fingerprint density at radius 2 is 2.42 bits per heavy atom. The topological polar surface area (TPSA) is 102 Å². The van der Waals surface area contributed by atoms with E-state index in [-0.39, 0.29) is 5.91 Å². The summed E-state index contributed by atoms with van der Waals surface area (Å²) in [5.41, 5.74) is 7.53. The van der Waals surface area contributed by atoms with Crippen LogP contribution in [0.4, 0.5) is 5.82 Å². The second kappa shape index (κ2) is 5.66. The van der Waals surface area contributed by atoms with Crippen LogP contribution in [0.15, 0.2) is 18.5 Å². The molecular weight excluding hydrogens is 244 g/mol. The van der Waals surface area contributed by atoms with Crippen LogP contribution in [0.2, 0.25) is 0 Å². The summed E-state index contributed by atoms with van der Waals surface area (Å²) in [6.45, 7) is 2.08. The number of aromatic amines is 1. The number of H-pyrrole nitrogens is 1. The zero-order valence-corrected chi connectivity index (χ0v) is 11.1. The van der Waals surface area contributed by atoms with E-state index in [1.807, 2.05) is 6.07 Å². The Morgan fingerprint density at radius 3 is 3.05 bits per heavy atom. The minimum Gasteiger partial charge on any atom is -0.316 e. The van der Waals surface area contributed by atoms with E-state index in [1.54, 1.807) is 24.1 Å². The number of hydrogen-bond donors (Lipinski definition) is 3. The molecule has 0 aliphatic rings. The van der Waals surface area contributed by atoms with Crippen LogP contribution < -0.4 is 11.1 Å². The van der Waals surface area contributed by atoms with Gasteiger partial charge in [0.2, 0.25) is 5.91 Å². The standard InChI is InChI=1S/C12H18N6O/c1-3-4-9-5-10(17-16-9)15-12(19)11(13)8-6-14-18(2)7-8/h5-7,11H,3-4,13H2,1-2H3,(H2,15,16,17,19). The average molecular weight is 262 g/mol. The van der Waals surface area contributed by atoms with Crippen molar-refractivity contribution in [3.63, 3.8) is 0 Å². The molecule has 19 heavy (non-hydrogen) atoms. The minimum absolute atomic E-state index is 0.303. The van der Waals surface area contributed by atoms with Crippen LogP contribution in [0.3, 0.4) is 0 Å². The van der Waals surface area contributed by atoms with E-state index in [4.69, 9.17) is 5.73 Å². The number of amides is 1. The first-order chi connectivity index (χ1) is 9.10. The molecule has 2 heterocycles. The third-order valence-corrected chi connectivity index (χ3v) is 2.77. The summed E-state index contributed by atoms with van der Waals surface area (Å²) in [4.78, 5) is 12.0. The second-order valence-electron chi connectivity index (χ2n) is 4.44. The summed E-state index contributed by atoms with van der Waals surface area (Å²) in [6.07, 6.45) is 5.22. The first-order valence-electron chi connectivity index (χ1n) is 6.19. The number of nitrogens with zero attached hydrogens (tertiary/aromatic N) is 3. The molecule has 1 atom stereocenters. The van der Waals surface area contributed by atoms with Crippen LogP contribution in [0, 0.1) is 0 Å². The lowest BCUT2D eigenvalue weighted by Crippen LogP contribution is -2.27. The zero-order valence-electron chi connectivity index (χ0n) is 11.1. The molecule has 7 nitrogen and oxygen atoms in total. The van der Waals surface area contributed by atoms with Crippen molar-refractivity contribution in [2.24, 2.45) is 12.8 Å². The van der Waals surface area contributed by atoms with Crippen molar-refractivity contribution < 1.29 is 4.79 Å². The molecule has 0 aromatic carbocycles. The molecular formula is C12H18N6O. The van der Waals surface area contributed by atoms with Gasteiger partial charge in [0.25, 0.3) is 0 Å². The van der Waals surface area contributed by atoms with Crippen molar-refractivity contribution in [3.05, 3.63) is 29.7 Å². The van der Waals surface area contributed by atoms with E-state index in [0.29, 0.717) is 11.4 Å². The second-order valence-corrected chi connectivity index (χ2v) is 4.44. The molecule has 4 N–H and O–H groups in total. The largest absolute Gasteiger partial charge is 0.316 e. The average Bonchev–Trinajstić information content (AvgIpc) is 2.98. The Balaban J connectivity index is 1.99. The number of carbonyl (C=O) groups excluding carboxylic acids is 1. The Kier molecular flexibility index (Phi) is 3.96. The number of aryl methyl sites for hydroxylation is 2. The van der Waals surface area contributed by atoms with Crippen molar-refractivity contribution in [1.82, 2.24) is 20.0 Å². The Morgan fingerprint density at radius 1 is 1.63 bits per heavy atom. The van der Waals surface area contributed by atoms with Gasteiger partial charge in [0.05, 0.1) is 6.20 Å². The maximum absolute atomic E-state index is 12.0. The molecule has 2 aromatic rings. The van der Waals surface area contributed by atoms with Crippen molar-refractivity contribution in [3.8, 4) is 0 Å². The molecule has 7 heteroatoms. The lowest BCUT2D eigenvalue weighted by molar-refractivity contribution is -0.117. The van der Waals surface area contributed by atoms with E-state index >= 15 is 0 Å². The molecule has 0 aliphatic carbocycles. The Hall–Kier alpha value is -2.15. The smallest absolute Gasteiger partial charge is 0.247 e. The predicted octanol–water partition coefficient (Wildman–Crippen LogP) is 0.734. The van der Waals surface area contributed by atoms with Gasteiger partial charge in [-0.3, -0.25) is 14.6 Å². The highest BCUT2D eigenvalue weighted by Crippen LogP contribution is 2.13. The summed E-state index contributed by atoms with van der Waals surface area (Å²) in [7, 11) is 1.78. The molecule has 0 aliphatic heterocycles. The maximum atomic E-state index is 12.0. The van der Waals surface area contributed by atoms with Crippen molar-refractivity contribution in [2.45, 2.75) is 25.8 Å². The molecule has 102 valence electrons. The molecule has 2 rings (SSSR count). The number of hydrogen-bond acceptors (Lipinski definition) is 4. The molecule has 1 amide bonds. The number of rotatable bonds is 5. The van der Waals surface area contributed by atoms with Crippen molar-refractivity contribution >= 4 is 11.7 Å². The van der Waals surface area contributed by atoms with Gasteiger partial charge < -0.3 is 11.1 Å². The van der Waals surface area contributed by atoms with Crippen molar-refractivity contribution in [1.29, 1.82) is 0 Å². The number of carbonyl (C=O) groups is 1. The fraction of sp³-hybridized carbons (Fsp3) is 0.417. The summed E-state index contributed by atoms with van der Waals surface area (Å²) in [5.74, 6) is 0.190. The monoisotopic (exact) mass is 262 g/mol. The lowest BCUT2D eigenvalue weighted by atomic mass is 10.1. The first-order valence-corrected chi connectivity index (χ1v) is 6.19. The van der Waals surface area contributed by atoms with Crippen LogP contribution >= 0.6 is 0 Å². The minimum atomic E-state index is -0.750. The predicted molar refractivity (Wildman–Crippen MR) is 71.3 cm³/mol. The van der Waals surface area contributed by atoms with Crippen molar-refractivity contribution in [2.75, 3.05) is 5.32 Å². The van der Waals surface area contributed by atoms with Crippen LogP contribution in [-0.4, -0.2) is 25.9 Å². The highest BCUT2D eigenvalue weighted by molar-refractivity contribution is 5.94. The van der Waals surface area contributed by atoms with E-state index in [1.165, 1.54) is 0 Å². The summed E-state index contributed by atoms with van der Waals surface area (Å²) < 4.78 is 1.61. The number of nitrogens with two attached hydrogens (primary N) is 1. The van der Waals surface area contributed by atoms with Crippen LogP contribution in [0.25, 0.3) is 0 Å². The third kappa shape index (κ3) is 3.19. The molecule has 1 unspecified atom stereocenters. The molecule has 0 saturated heterocycles. The third-order valence-electron chi connectivity index (χ3n) is 2.77. The molecule has 0 bridgehead atoms. The first kappa shape index (κ1) is 13.3. The molecule has 2 aromatic heterocycles. The zero-order chi connectivity index (χ0) is 13.8. The fourth-order valence-corrected chi connectivity index (χ4v) is 1.78. The fourth-order valence-electron chi connectivity index (χ4n) is 1.78. The summed E-state index contributed by atoms with van der Waals surface area (Å²) in [5, 5.41) is 13.6. The van der Waals surface area contributed by atoms with E-state index < -0.39 is 6.04 Å². The van der Waals surface area contributed by atoms with Crippen LogP contribution in [0.1, 0.15) is 30.6 Å². The van der Waals surface area contributed by atoms with Gasteiger partial charge in [-0.2, -0.15) is 10.2 Å². The van der Waals surface area contributed by atoms with E-state index in [0.717, 1.165) is 18.5 Å². The highest BCUT2D eigenvalue weighted by atomic mass is 16.2. The lowest BCUT2D eigenvalue weighted by Gasteiger charge is -2.08. The Bertz CT molecular complexity index is 558. The quantitative estimate of drug-likeness (QED) is 0.739. The highest BCUT2D eigenvalue weighted by Gasteiger charge is 2.18.